The van der Waals surface area contributed by atoms with Gasteiger partial charge in [0.2, 0.25) is 0 Å². The number of hydrogen-bond donors (Lipinski definition) is 2. The monoisotopic (exact) mass is 592 g/mol. The summed E-state index contributed by atoms with van der Waals surface area (Å²) in [4.78, 5) is 30.7. The van der Waals surface area contributed by atoms with Crippen LogP contribution in [-0.2, 0) is 13.6 Å². The maximum atomic E-state index is 13.3. The van der Waals surface area contributed by atoms with E-state index in [4.69, 9.17) is 16.3 Å². The highest BCUT2D eigenvalue weighted by molar-refractivity contribution is 6.30. The van der Waals surface area contributed by atoms with Gasteiger partial charge >= 0.3 is 18.2 Å². The first-order valence-electron chi connectivity index (χ1n) is 11.3. The SMILES string of the molecule is CC(Oc1ccc(-c2nc3c(c(=O)[nH]c(=O)n3CC(O)C(F)(F)F)n2C)cc1OC(F)(F)F)c1cccc(Cl)c1. The summed E-state index contributed by atoms with van der Waals surface area (Å²) in [5, 5.41) is 9.86. The Balaban J connectivity index is 1.81. The smallest absolute Gasteiger partial charge is 0.482 e. The number of benzene rings is 2. The van der Waals surface area contributed by atoms with E-state index in [1.807, 2.05) is 4.98 Å². The van der Waals surface area contributed by atoms with Gasteiger partial charge in [-0.25, -0.2) is 9.78 Å². The van der Waals surface area contributed by atoms with Crippen LogP contribution in [0.3, 0.4) is 0 Å². The average molecular weight is 593 g/mol. The molecule has 0 fully saturated rings. The lowest BCUT2D eigenvalue weighted by Crippen LogP contribution is -2.39. The number of fused-ring (bicyclic) bond motifs is 1. The molecule has 40 heavy (non-hydrogen) atoms. The first-order valence-corrected chi connectivity index (χ1v) is 11.7. The van der Waals surface area contributed by atoms with E-state index < -0.39 is 53.9 Å². The topological polar surface area (TPSA) is 111 Å². The van der Waals surface area contributed by atoms with Crippen molar-refractivity contribution < 1.29 is 40.9 Å². The third kappa shape index (κ3) is 6.09. The van der Waals surface area contributed by atoms with Crippen LogP contribution in [0.2, 0.25) is 5.02 Å². The number of alkyl halides is 6. The molecular formula is C24H19ClF6N4O5. The molecule has 214 valence electrons. The lowest BCUT2D eigenvalue weighted by molar-refractivity contribution is -0.275. The lowest BCUT2D eigenvalue weighted by atomic mass is 10.1. The summed E-state index contributed by atoms with van der Waals surface area (Å²) in [6.45, 7) is 0.284. The van der Waals surface area contributed by atoms with E-state index >= 15 is 0 Å². The Morgan fingerprint density at radius 2 is 1.77 bits per heavy atom. The number of aliphatic hydroxyl groups excluding tert-OH is 1. The highest BCUT2D eigenvalue weighted by atomic mass is 35.5. The second-order valence-corrected chi connectivity index (χ2v) is 9.05. The summed E-state index contributed by atoms with van der Waals surface area (Å²) in [7, 11) is 1.27. The second kappa shape index (κ2) is 10.5. The number of halogens is 7. The number of imidazole rings is 1. The lowest BCUT2D eigenvalue weighted by Gasteiger charge is -2.19. The Morgan fingerprint density at radius 3 is 2.40 bits per heavy atom. The van der Waals surface area contributed by atoms with E-state index in [1.165, 1.54) is 13.1 Å². The Morgan fingerprint density at radius 1 is 1.07 bits per heavy atom. The zero-order valence-electron chi connectivity index (χ0n) is 20.5. The molecule has 2 unspecified atom stereocenters. The van der Waals surface area contributed by atoms with Crippen LogP contribution in [0.4, 0.5) is 26.3 Å². The standard InChI is InChI=1S/C24H19ClF6N4O5/c1-11(12-4-3-5-14(25)8-12)39-15-7-6-13(9-16(15)40-24(29,30)31)19-32-20-18(34(19)2)21(37)33-22(38)35(20)10-17(36)23(26,27)28/h3-9,11,17,36H,10H2,1-2H3,(H,33,37,38). The summed E-state index contributed by atoms with van der Waals surface area (Å²) >= 11 is 5.98. The molecule has 0 bridgehead atoms. The number of rotatable bonds is 7. The van der Waals surface area contributed by atoms with Gasteiger partial charge in [-0.3, -0.25) is 14.3 Å². The molecule has 0 aliphatic rings. The minimum absolute atomic E-state index is 0.0597. The van der Waals surface area contributed by atoms with E-state index in [0.717, 1.165) is 16.7 Å². The van der Waals surface area contributed by atoms with Crippen LogP contribution >= 0.6 is 11.6 Å². The summed E-state index contributed by atoms with van der Waals surface area (Å²) in [6.07, 6.45) is -13.9. The molecule has 0 spiro atoms. The van der Waals surface area contributed by atoms with Crippen LogP contribution in [0.25, 0.3) is 22.6 Å². The van der Waals surface area contributed by atoms with Crippen LogP contribution in [-0.4, -0.2) is 42.9 Å². The number of hydrogen-bond acceptors (Lipinski definition) is 6. The van der Waals surface area contributed by atoms with E-state index in [9.17, 15) is 41.0 Å². The fraction of sp³-hybridized carbons (Fsp3) is 0.292. The van der Waals surface area contributed by atoms with Crippen molar-refractivity contribution in [3.63, 3.8) is 0 Å². The number of aliphatic hydroxyl groups is 1. The van der Waals surface area contributed by atoms with Crippen LogP contribution in [0.1, 0.15) is 18.6 Å². The summed E-state index contributed by atoms with van der Waals surface area (Å²) in [6, 6.07) is 9.81. The van der Waals surface area contributed by atoms with E-state index in [-0.39, 0.29) is 22.7 Å². The number of nitrogens with zero attached hydrogens (tertiary/aromatic N) is 3. The van der Waals surface area contributed by atoms with E-state index in [1.54, 1.807) is 31.2 Å². The number of aromatic amines is 1. The highest BCUT2D eigenvalue weighted by Crippen LogP contribution is 2.38. The first kappa shape index (κ1) is 29.0. The molecule has 2 atom stereocenters. The quantitative estimate of drug-likeness (QED) is 0.301. The molecule has 2 aromatic heterocycles. The van der Waals surface area contributed by atoms with Gasteiger partial charge in [0.05, 0.1) is 6.54 Å². The minimum Gasteiger partial charge on any atom is -0.482 e. The van der Waals surface area contributed by atoms with Crippen molar-refractivity contribution in [3.8, 4) is 22.9 Å². The van der Waals surface area contributed by atoms with Crippen LogP contribution in [0, 0.1) is 0 Å². The van der Waals surface area contributed by atoms with Gasteiger partial charge in [-0.15, -0.1) is 13.2 Å². The van der Waals surface area contributed by atoms with Gasteiger partial charge in [0.15, 0.2) is 28.8 Å². The van der Waals surface area contributed by atoms with Crippen molar-refractivity contribution in [1.82, 2.24) is 19.1 Å². The van der Waals surface area contributed by atoms with Gasteiger partial charge in [-0.05, 0) is 42.8 Å². The molecule has 0 saturated carbocycles. The number of aryl methyl sites for hydroxylation is 1. The van der Waals surface area contributed by atoms with Crippen molar-refractivity contribution in [2.45, 2.75) is 38.2 Å². The maximum Gasteiger partial charge on any atom is 0.573 e. The third-order valence-electron chi connectivity index (χ3n) is 5.80. The predicted molar refractivity (Wildman–Crippen MR) is 130 cm³/mol. The Bertz CT molecular complexity index is 1680. The van der Waals surface area contributed by atoms with Gasteiger partial charge in [0.1, 0.15) is 11.9 Å². The molecule has 0 aliphatic carbocycles. The van der Waals surface area contributed by atoms with Crippen LogP contribution in [0.5, 0.6) is 11.5 Å². The molecule has 4 aromatic rings. The van der Waals surface area contributed by atoms with Crippen LogP contribution < -0.4 is 20.7 Å². The Labute approximate surface area is 225 Å². The summed E-state index contributed by atoms with van der Waals surface area (Å²) < 4.78 is 90.0. The van der Waals surface area contributed by atoms with Crippen molar-refractivity contribution in [3.05, 3.63) is 73.9 Å². The molecule has 0 saturated heterocycles. The molecule has 2 N–H and O–H groups in total. The number of ether oxygens (including phenoxy) is 2. The second-order valence-electron chi connectivity index (χ2n) is 8.62. The third-order valence-corrected chi connectivity index (χ3v) is 6.03. The Kier molecular flexibility index (Phi) is 7.64. The van der Waals surface area contributed by atoms with Gasteiger partial charge in [0, 0.05) is 17.6 Å². The van der Waals surface area contributed by atoms with Crippen LogP contribution in [0.15, 0.2) is 52.1 Å². The molecule has 9 nitrogen and oxygen atoms in total. The number of aromatic nitrogens is 4. The van der Waals surface area contributed by atoms with Crippen molar-refractivity contribution in [2.24, 2.45) is 7.05 Å². The number of nitrogens with one attached hydrogen (secondary N) is 1. The van der Waals surface area contributed by atoms with Gasteiger partial charge in [-0.1, -0.05) is 23.7 Å². The summed E-state index contributed by atoms with van der Waals surface area (Å²) in [5.74, 6) is -1.28. The summed E-state index contributed by atoms with van der Waals surface area (Å²) in [5.41, 5.74) is -2.68. The van der Waals surface area contributed by atoms with Crippen molar-refractivity contribution in [1.29, 1.82) is 0 Å². The predicted octanol–water partition coefficient (Wildman–Crippen LogP) is 4.71. The average Bonchev–Trinajstić information content (AvgIpc) is 3.18. The zero-order valence-corrected chi connectivity index (χ0v) is 21.2. The normalized spacial score (nSPS) is 13.8. The molecular weight excluding hydrogens is 574 g/mol. The maximum absolute atomic E-state index is 13.3. The van der Waals surface area contributed by atoms with E-state index in [0.29, 0.717) is 15.2 Å². The van der Waals surface area contributed by atoms with Crippen molar-refractivity contribution >= 4 is 22.8 Å². The highest BCUT2D eigenvalue weighted by Gasteiger charge is 2.39. The molecule has 0 aliphatic heterocycles. The fourth-order valence-electron chi connectivity index (χ4n) is 3.92. The Hall–Kier alpha value is -3.98. The van der Waals surface area contributed by atoms with Gasteiger partial charge in [0.25, 0.3) is 5.56 Å². The number of H-pyrrole nitrogens is 1. The molecule has 0 amide bonds. The largest absolute Gasteiger partial charge is 0.573 e. The molecule has 2 heterocycles. The fourth-order valence-corrected chi connectivity index (χ4v) is 4.12. The first-order chi connectivity index (χ1) is 18.5. The molecule has 2 aromatic carbocycles. The van der Waals surface area contributed by atoms with Gasteiger partial charge in [-0.2, -0.15) is 13.2 Å². The van der Waals surface area contributed by atoms with E-state index in [2.05, 4.69) is 9.72 Å². The molecule has 4 rings (SSSR count). The zero-order chi connectivity index (χ0) is 29.6. The molecule has 16 heteroatoms. The minimum atomic E-state index is -5.13. The van der Waals surface area contributed by atoms with Gasteiger partial charge < -0.3 is 19.1 Å². The molecule has 0 radical (unpaired) electrons. The van der Waals surface area contributed by atoms with Crippen molar-refractivity contribution in [2.75, 3.05) is 0 Å².